The van der Waals surface area contributed by atoms with Crippen molar-refractivity contribution in [3.63, 3.8) is 0 Å². The molecular formula is C15H20ClNO4. The minimum atomic E-state index is -0.883. The minimum Gasteiger partial charge on any atom is -0.493 e. The fourth-order valence-electron chi connectivity index (χ4n) is 1.73. The number of ether oxygens (including phenoxy) is 1. The Labute approximate surface area is 129 Å². The zero-order chi connectivity index (χ0) is 15.8. The van der Waals surface area contributed by atoms with E-state index in [1.165, 1.54) is 0 Å². The summed E-state index contributed by atoms with van der Waals surface area (Å²) in [5.41, 5.74) is 0.359. The van der Waals surface area contributed by atoms with Crippen molar-refractivity contribution in [3.8, 4) is 5.75 Å². The summed E-state index contributed by atoms with van der Waals surface area (Å²) in [4.78, 5) is 22.8. The Morgan fingerprint density at radius 3 is 2.76 bits per heavy atom. The molecular weight excluding hydrogens is 294 g/mol. The molecule has 0 spiro atoms. The van der Waals surface area contributed by atoms with E-state index < -0.39 is 5.97 Å². The molecule has 116 valence electrons. The van der Waals surface area contributed by atoms with E-state index in [0.29, 0.717) is 29.4 Å². The molecule has 0 aliphatic heterocycles. The molecule has 1 aromatic rings. The van der Waals surface area contributed by atoms with E-state index >= 15 is 0 Å². The van der Waals surface area contributed by atoms with Crippen LogP contribution in [0.2, 0.25) is 5.02 Å². The predicted molar refractivity (Wildman–Crippen MR) is 81.0 cm³/mol. The molecule has 1 rings (SSSR count). The normalized spacial score (nSPS) is 11.8. The maximum absolute atomic E-state index is 12.2. The van der Waals surface area contributed by atoms with Gasteiger partial charge < -0.3 is 15.2 Å². The van der Waals surface area contributed by atoms with Crippen LogP contribution < -0.4 is 10.1 Å². The van der Waals surface area contributed by atoms with Gasteiger partial charge in [-0.05, 0) is 38.0 Å². The number of carboxylic acids is 1. The van der Waals surface area contributed by atoms with E-state index in [-0.39, 0.29) is 18.4 Å². The second kappa shape index (κ2) is 8.52. The highest BCUT2D eigenvalue weighted by Gasteiger charge is 2.16. The van der Waals surface area contributed by atoms with E-state index in [1.807, 2.05) is 6.92 Å². The molecule has 0 radical (unpaired) electrons. The standard InChI is InChI=1S/C15H20ClNO4/c1-3-8-21-13-6-5-11(16)9-12(13)15(20)17-10(2)4-7-14(18)19/h5-6,9-10H,3-4,7-8H2,1-2H3,(H,17,20)(H,18,19). The SMILES string of the molecule is CCCOc1ccc(Cl)cc1C(=O)NC(C)CCC(=O)O. The van der Waals surface area contributed by atoms with Gasteiger partial charge in [0.25, 0.3) is 5.91 Å². The Hall–Kier alpha value is -1.75. The van der Waals surface area contributed by atoms with Crippen molar-refractivity contribution in [3.05, 3.63) is 28.8 Å². The number of carbonyl (C=O) groups is 2. The summed E-state index contributed by atoms with van der Waals surface area (Å²) in [5, 5.41) is 11.8. The largest absolute Gasteiger partial charge is 0.493 e. The second-order valence-electron chi connectivity index (χ2n) is 4.80. The summed E-state index contributed by atoms with van der Waals surface area (Å²) >= 11 is 5.92. The average Bonchev–Trinajstić information content (AvgIpc) is 2.43. The quantitative estimate of drug-likeness (QED) is 0.773. The Morgan fingerprint density at radius 2 is 2.14 bits per heavy atom. The van der Waals surface area contributed by atoms with Gasteiger partial charge >= 0.3 is 5.97 Å². The van der Waals surface area contributed by atoms with Gasteiger partial charge in [-0.2, -0.15) is 0 Å². The molecule has 0 saturated carbocycles. The molecule has 0 aliphatic carbocycles. The Balaban J connectivity index is 2.75. The third-order valence-corrected chi connectivity index (χ3v) is 3.05. The number of hydrogen-bond donors (Lipinski definition) is 2. The predicted octanol–water partition coefficient (Wildman–Crippen LogP) is 3.11. The summed E-state index contributed by atoms with van der Waals surface area (Å²) in [6.45, 7) is 4.25. The molecule has 2 N–H and O–H groups in total. The first-order valence-corrected chi connectivity index (χ1v) is 7.26. The number of amides is 1. The van der Waals surface area contributed by atoms with Crippen molar-refractivity contribution in [2.75, 3.05) is 6.61 Å². The van der Waals surface area contributed by atoms with Gasteiger partial charge in [0, 0.05) is 17.5 Å². The maximum atomic E-state index is 12.2. The average molecular weight is 314 g/mol. The van der Waals surface area contributed by atoms with Gasteiger partial charge in [-0.15, -0.1) is 0 Å². The lowest BCUT2D eigenvalue weighted by atomic mass is 10.1. The Kier molecular flexibility index (Phi) is 7.02. The molecule has 21 heavy (non-hydrogen) atoms. The van der Waals surface area contributed by atoms with E-state index in [4.69, 9.17) is 21.4 Å². The van der Waals surface area contributed by atoms with Gasteiger partial charge in [0.15, 0.2) is 0 Å². The molecule has 0 bridgehead atoms. The van der Waals surface area contributed by atoms with E-state index in [1.54, 1.807) is 25.1 Å². The molecule has 0 aliphatic rings. The Bertz CT molecular complexity index is 504. The summed E-state index contributed by atoms with van der Waals surface area (Å²) in [7, 11) is 0. The third-order valence-electron chi connectivity index (χ3n) is 2.82. The number of hydrogen-bond acceptors (Lipinski definition) is 3. The van der Waals surface area contributed by atoms with Crippen LogP contribution in [0.3, 0.4) is 0 Å². The van der Waals surface area contributed by atoms with Crippen molar-refractivity contribution in [2.24, 2.45) is 0 Å². The van der Waals surface area contributed by atoms with Crippen LogP contribution in [0.5, 0.6) is 5.75 Å². The summed E-state index contributed by atoms with van der Waals surface area (Å²) in [6, 6.07) is 4.63. The molecule has 1 amide bonds. The van der Waals surface area contributed by atoms with Crippen molar-refractivity contribution in [1.29, 1.82) is 0 Å². The summed E-state index contributed by atoms with van der Waals surface area (Å²) in [6.07, 6.45) is 1.21. The third kappa shape index (κ3) is 6.04. The number of nitrogens with one attached hydrogen (secondary N) is 1. The van der Waals surface area contributed by atoms with Crippen LogP contribution in [0.15, 0.2) is 18.2 Å². The highest BCUT2D eigenvalue weighted by molar-refractivity contribution is 6.31. The fourth-order valence-corrected chi connectivity index (χ4v) is 1.90. The van der Waals surface area contributed by atoms with Crippen molar-refractivity contribution < 1.29 is 19.4 Å². The first-order chi connectivity index (χ1) is 9.93. The second-order valence-corrected chi connectivity index (χ2v) is 5.23. The van der Waals surface area contributed by atoms with Gasteiger partial charge in [-0.1, -0.05) is 18.5 Å². The van der Waals surface area contributed by atoms with Crippen LogP contribution in [0.1, 0.15) is 43.5 Å². The van der Waals surface area contributed by atoms with E-state index in [0.717, 1.165) is 6.42 Å². The number of carboxylic acid groups (broad SMARTS) is 1. The molecule has 0 saturated heterocycles. The van der Waals surface area contributed by atoms with Gasteiger partial charge in [-0.25, -0.2) is 0 Å². The van der Waals surface area contributed by atoms with Crippen molar-refractivity contribution in [1.82, 2.24) is 5.32 Å². The molecule has 0 heterocycles. The first kappa shape index (κ1) is 17.3. The fraction of sp³-hybridized carbons (Fsp3) is 0.467. The van der Waals surface area contributed by atoms with Crippen molar-refractivity contribution in [2.45, 2.75) is 39.2 Å². The molecule has 1 unspecified atom stereocenters. The van der Waals surface area contributed by atoms with Gasteiger partial charge in [0.1, 0.15) is 5.75 Å². The highest BCUT2D eigenvalue weighted by Crippen LogP contribution is 2.23. The number of rotatable bonds is 8. The molecule has 5 nitrogen and oxygen atoms in total. The topological polar surface area (TPSA) is 75.6 Å². The Morgan fingerprint density at radius 1 is 1.43 bits per heavy atom. The minimum absolute atomic E-state index is 0.0101. The van der Waals surface area contributed by atoms with Gasteiger partial charge in [0.2, 0.25) is 0 Å². The van der Waals surface area contributed by atoms with E-state index in [9.17, 15) is 9.59 Å². The number of benzene rings is 1. The van der Waals surface area contributed by atoms with Crippen LogP contribution in [0.25, 0.3) is 0 Å². The molecule has 0 fully saturated rings. The maximum Gasteiger partial charge on any atom is 0.303 e. The van der Waals surface area contributed by atoms with Crippen LogP contribution in [-0.2, 0) is 4.79 Å². The number of halogens is 1. The van der Waals surface area contributed by atoms with Crippen molar-refractivity contribution >= 4 is 23.5 Å². The molecule has 6 heteroatoms. The van der Waals surface area contributed by atoms with Gasteiger partial charge in [-0.3, -0.25) is 9.59 Å². The van der Waals surface area contributed by atoms with Crippen LogP contribution >= 0.6 is 11.6 Å². The van der Waals surface area contributed by atoms with E-state index in [2.05, 4.69) is 5.32 Å². The van der Waals surface area contributed by atoms with Crippen LogP contribution in [-0.4, -0.2) is 29.6 Å². The first-order valence-electron chi connectivity index (χ1n) is 6.89. The summed E-state index contributed by atoms with van der Waals surface area (Å²) < 4.78 is 5.53. The van der Waals surface area contributed by atoms with Crippen LogP contribution in [0.4, 0.5) is 0 Å². The number of aliphatic carboxylic acids is 1. The lowest BCUT2D eigenvalue weighted by molar-refractivity contribution is -0.137. The monoisotopic (exact) mass is 313 g/mol. The molecule has 1 atom stereocenters. The lowest BCUT2D eigenvalue weighted by Crippen LogP contribution is -2.33. The summed E-state index contributed by atoms with van der Waals surface area (Å²) in [5.74, 6) is -0.725. The van der Waals surface area contributed by atoms with Gasteiger partial charge in [0.05, 0.1) is 12.2 Å². The molecule has 0 aromatic heterocycles. The zero-order valence-electron chi connectivity index (χ0n) is 12.2. The lowest BCUT2D eigenvalue weighted by Gasteiger charge is -2.15. The smallest absolute Gasteiger partial charge is 0.303 e. The van der Waals surface area contributed by atoms with Crippen LogP contribution in [0, 0.1) is 0 Å². The number of carbonyl (C=O) groups excluding carboxylic acids is 1. The highest BCUT2D eigenvalue weighted by atomic mass is 35.5. The molecule has 1 aromatic carbocycles. The zero-order valence-corrected chi connectivity index (χ0v) is 12.9.